The molecule has 7 heteroatoms. The number of nitriles is 1. The lowest BCUT2D eigenvalue weighted by Crippen LogP contribution is -2.27. The zero-order valence-corrected chi connectivity index (χ0v) is 11.0. The van der Waals surface area contributed by atoms with Gasteiger partial charge in [0.25, 0.3) is 5.91 Å². The zero-order chi connectivity index (χ0) is 13.8. The largest absolute Gasteiger partial charge is 0.332 e. The van der Waals surface area contributed by atoms with Crippen molar-refractivity contribution in [2.75, 3.05) is 0 Å². The van der Waals surface area contributed by atoms with Crippen LogP contribution in [0.25, 0.3) is 0 Å². The molecule has 5 nitrogen and oxygen atoms in total. The van der Waals surface area contributed by atoms with Gasteiger partial charge in [-0.1, -0.05) is 29.3 Å². The van der Waals surface area contributed by atoms with E-state index in [0.29, 0.717) is 21.2 Å². The normalized spacial score (nSPS) is 11.6. The first-order valence-corrected chi connectivity index (χ1v) is 6.01. The van der Waals surface area contributed by atoms with Crippen LogP contribution >= 0.6 is 23.2 Å². The van der Waals surface area contributed by atoms with Crippen LogP contribution < -0.4 is 5.32 Å². The third kappa shape index (κ3) is 3.05. The Labute approximate surface area is 119 Å². The summed E-state index contributed by atoms with van der Waals surface area (Å²) < 4.78 is 0. The number of hydrogen-bond donors (Lipinski definition) is 2. The number of aromatic amines is 1. The first-order valence-electron chi connectivity index (χ1n) is 5.26. The minimum Gasteiger partial charge on any atom is -0.332 e. The number of amides is 1. The van der Waals surface area contributed by atoms with E-state index in [1.165, 1.54) is 12.4 Å². The predicted octanol–water partition coefficient (Wildman–Crippen LogP) is 2.71. The van der Waals surface area contributed by atoms with Crippen molar-refractivity contribution in [1.29, 1.82) is 5.26 Å². The molecule has 0 radical (unpaired) electrons. The van der Waals surface area contributed by atoms with E-state index in [2.05, 4.69) is 15.5 Å². The fourth-order valence-corrected chi connectivity index (χ4v) is 1.78. The lowest BCUT2D eigenvalue weighted by atomic mass is 10.1. The van der Waals surface area contributed by atoms with Crippen LogP contribution in [0.4, 0.5) is 0 Å². The van der Waals surface area contributed by atoms with E-state index < -0.39 is 11.9 Å². The highest BCUT2D eigenvalue weighted by Gasteiger charge is 2.16. The maximum atomic E-state index is 11.8. The molecule has 0 aliphatic carbocycles. The van der Waals surface area contributed by atoms with Crippen molar-refractivity contribution < 1.29 is 4.79 Å². The number of halogens is 2. The van der Waals surface area contributed by atoms with E-state index in [4.69, 9.17) is 28.5 Å². The molecule has 0 aliphatic rings. The van der Waals surface area contributed by atoms with Crippen molar-refractivity contribution >= 4 is 29.1 Å². The van der Waals surface area contributed by atoms with Gasteiger partial charge in [-0.2, -0.15) is 10.4 Å². The van der Waals surface area contributed by atoms with Crippen LogP contribution in [0, 0.1) is 11.3 Å². The molecular formula is C12H8Cl2N4O. The number of hydrogen-bond acceptors (Lipinski definition) is 3. The van der Waals surface area contributed by atoms with Crippen LogP contribution in [-0.4, -0.2) is 16.1 Å². The molecule has 0 bridgehead atoms. The Balaban J connectivity index is 2.19. The first kappa shape index (κ1) is 13.4. The van der Waals surface area contributed by atoms with Gasteiger partial charge in [-0.15, -0.1) is 0 Å². The van der Waals surface area contributed by atoms with Gasteiger partial charge in [0.15, 0.2) is 0 Å². The van der Waals surface area contributed by atoms with E-state index in [1.54, 1.807) is 18.2 Å². The van der Waals surface area contributed by atoms with E-state index in [9.17, 15) is 4.79 Å². The third-order valence-electron chi connectivity index (χ3n) is 2.44. The van der Waals surface area contributed by atoms with Crippen LogP contribution in [-0.2, 0) is 0 Å². The molecule has 1 amide bonds. The van der Waals surface area contributed by atoms with Crippen LogP contribution in [0.3, 0.4) is 0 Å². The second kappa shape index (κ2) is 5.74. The summed E-state index contributed by atoms with van der Waals surface area (Å²) in [7, 11) is 0. The van der Waals surface area contributed by atoms with Crippen LogP contribution in [0.5, 0.6) is 0 Å². The number of H-pyrrole nitrogens is 1. The second-order valence-electron chi connectivity index (χ2n) is 3.70. The van der Waals surface area contributed by atoms with Gasteiger partial charge in [-0.25, -0.2) is 0 Å². The lowest BCUT2D eigenvalue weighted by Gasteiger charge is -2.11. The number of aromatic nitrogens is 2. The van der Waals surface area contributed by atoms with Gasteiger partial charge in [0.05, 0.1) is 27.9 Å². The number of rotatable bonds is 3. The van der Waals surface area contributed by atoms with Gasteiger partial charge in [-0.05, 0) is 17.7 Å². The fraction of sp³-hybridized carbons (Fsp3) is 0.0833. The molecule has 0 saturated carbocycles. The average Bonchev–Trinajstić information content (AvgIpc) is 2.93. The first-order chi connectivity index (χ1) is 9.11. The number of carbonyl (C=O) groups is 1. The molecule has 0 saturated heterocycles. The molecule has 0 spiro atoms. The van der Waals surface area contributed by atoms with Gasteiger partial charge in [0, 0.05) is 6.20 Å². The van der Waals surface area contributed by atoms with Crippen LogP contribution in [0.2, 0.25) is 10.0 Å². The van der Waals surface area contributed by atoms with Gasteiger partial charge < -0.3 is 5.32 Å². The standard InChI is InChI=1S/C12H8Cl2N4O/c13-9-2-1-7(3-10(9)14)11(4-15)18-12(19)8-5-16-17-6-8/h1-3,5-6,11H,(H,16,17)(H,18,19). The maximum Gasteiger partial charge on any atom is 0.255 e. The van der Waals surface area contributed by atoms with Crippen molar-refractivity contribution in [3.8, 4) is 6.07 Å². The molecule has 1 unspecified atom stereocenters. The summed E-state index contributed by atoms with van der Waals surface area (Å²) in [5.74, 6) is -0.397. The van der Waals surface area contributed by atoms with Crippen LogP contribution in [0.15, 0.2) is 30.6 Å². The molecule has 1 atom stereocenters. The Morgan fingerprint density at radius 3 is 2.79 bits per heavy atom. The maximum absolute atomic E-state index is 11.8. The zero-order valence-electron chi connectivity index (χ0n) is 9.52. The number of nitrogens with zero attached hydrogens (tertiary/aromatic N) is 2. The van der Waals surface area contributed by atoms with Crippen molar-refractivity contribution in [1.82, 2.24) is 15.5 Å². The Morgan fingerprint density at radius 1 is 1.42 bits per heavy atom. The minimum atomic E-state index is -0.808. The third-order valence-corrected chi connectivity index (χ3v) is 3.18. The summed E-state index contributed by atoms with van der Waals surface area (Å²) in [5, 5.41) is 18.6. The van der Waals surface area contributed by atoms with Gasteiger partial charge >= 0.3 is 0 Å². The van der Waals surface area contributed by atoms with E-state index >= 15 is 0 Å². The summed E-state index contributed by atoms with van der Waals surface area (Å²) in [4.78, 5) is 11.8. The average molecular weight is 295 g/mol. The Morgan fingerprint density at radius 2 is 2.21 bits per heavy atom. The quantitative estimate of drug-likeness (QED) is 0.913. The predicted molar refractivity (Wildman–Crippen MR) is 70.9 cm³/mol. The molecule has 0 fully saturated rings. The highest BCUT2D eigenvalue weighted by molar-refractivity contribution is 6.42. The number of benzene rings is 1. The highest BCUT2D eigenvalue weighted by atomic mass is 35.5. The second-order valence-corrected chi connectivity index (χ2v) is 4.51. The summed E-state index contributed by atoms with van der Waals surface area (Å²) in [6, 6.07) is 5.95. The minimum absolute atomic E-state index is 0.331. The van der Waals surface area contributed by atoms with Crippen molar-refractivity contribution in [3.05, 3.63) is 51.8 Å². The van der Waals surface area contributed by atoms with E-state index in [1.807, 2.05) is 6.07 Å². The molecular weight excluding hydrogens is 287 g/mol. The van der Waals surface area contributed by atoms with Crippen molar-refractivity contribution in [2.45, 2.75) is 6.04 Å². The van der Waals surface area contributed by atoms with Crippen molar-refractivity contribution in [3.63, 3.8) is 0 Å². The Hall–Kier alpha value is -2.03. The van der Waals surface area contributed by atoms with Gasteiger partial charge in [0.1, 0.15) is 6.04 Å². The topological polar surface area (TPSA) is 81.6 Å². The molecule has 1 heterocycles. The van der Waals surface area contributed by atoms with E-state index in [-0.39, 0.29) is 0 Å². The van der Waals surface area contributed by atoms with Gasteiger partial charge in [-0.3, -0.25) is 9.89 Å². The smallest absolute Gasteiger partial charge is 0.255 e. The van der Waals surface area contributed by atoms with Gasteiger partial charge in [0.2, 0.25) is 0 Å². The molecule has 0 aliphatic heterocycles. The Kier molecular flexibility index (Phi) is 4.05. The molecule has 19 heavy (non-hydrogen) atoms. The van der Waals surface area contributed by atoms with Crippen LogP contribution in [0.1, 0.15) is 22.0 Å². The SMILES string of the molecule is N#CC(NC(=O)c1cn[nH]c1)c1ccc(Cl)c(Cl)c1. The molecule has 2 rings (SSSR count). The molecule has 1 aromatic heterocycles. The summed E-state index contributed by atoms with van der Waals surface area (Å²) in [5.41, 5.74) is 0.911. The lowest BCUT2D eigenvalue weighted by molar-refractivity contribution is 0.0945. The fourth-order valence-electron chi connectivity index (χ4n) is 1.47. The number of nitrogens with one attached hydrogen (secondary N) is 2. The monoisotopic (exact) mass is 294 g/mol. The summed E-state index contributed by atoms with van der Waals surface area (Å²) in [6.45, 7) is 0. The summed E-state index contributed by atoms with van der Waals surface area (Å²) >= 11 is 11.7. The Bertz CT molecular complexity index is 634. The molecule has 2 N–H and O–H groups in total. The summed E-state index contributed by atoms with van der Waals surface area (Å²) in [6.07, 6.45) is 2.82. The highest BCUT2D eigenvalue weighted by Crippen LogP contribution is 2.25. The van der Waals surface area contributed by atoms with Crippen molar-refractivity contribution in [2.24, 2.45) is 0 Å². The van der Waals surface area contributed by atoms with E-state index in [0.717, 1.165) is 0 Å². The molecule has 1 aromatic carbocycles. The molecule has 2 aromatic rings. The molecule has 96 valence electrons. The number of carbonyl (C=O) groups excluding carboxylic acids is 1.